The van der Waals surface area contributed by atoms with E-state index in [0.717, 1.165) is 0 Å². The second kappa shape index (κ2) is 5.73. The molecule has 0 atom stereocenters. The Morgan fingerprint density at radius 2 is 2.11 bits per heavy atom. The SMILES string of the molecule is COC(C)(C)CCOC(=O)c1ccc(O)c(N)c1. The first-order valence-corrected chi connectivity index (χ1v) is 5.66. The number of nitrogen functional groups attached to an aromatic ring is 1. The molecule has 0 aliphatic carbocycles. The third-order valence-electron chi connectivity index (χ3n) is 2.75. The van der Waals surface area contributed by atoms with Gasteiger partial charge in [-0.2, -0.15) is 0 Å². The third-order valence-corrected chi connectivity index (χ3v) is 2.75. The molecule has 0 saturated heterocycles. The van der Waals surface area contributed by atoms with E-state index in [1.807, 2.05) is 13.8 Å². The van der Waals surface area contributed by atoms with Crippen molar-refractivity contribution in [3.8, 4) is 5.75 Å². The molecule has 5 heteroatoms. The van der Waals surface area contributed by atoms with Crippen molar-refractivity contribution in [2.75, 3.05) is 19.5 Å². The largest absolute Gasteiger partial charge is 0.506 e. The van der Waals surface area contributed by atoms with Crippen molar-refractivity contribution in [3.63, 3.8) is 0 Å². The van der Waals surface area contributed by atoms with Gasteiger partial charge in [-0.15, -0.1) is 0 Å². The Balaban J connectivity index is 2.53. The van der Waals surface area contributed by atoms with E-state index < -0.39 is 5.97 Å². The maximum atomic E-state index is 11.7. The Morgan fingerprint density at radius 1 is 1.44 bits per heavy atom. The number of esters is 1. The quantitative estimate of drug-likeness (QED) is 0.476. The summed E-state index contributed by atoms with van der Waals surface area (Å²) in [6.45, 7) is 4.10. The van der Waals surface area contributed by atoms with E-state index in [9.17, 15) is 9.90 Å². The highest BCUT2D eigenvalue weighted by molar-refractivity contribution is 5.90. The van der Waals surface area contributed by atoms with Crippen molar-refractivity contribution in [2.45, 2.75) is 25.9 Å². The summed E-state index contributed by atoms with van der Waals surface area (Å²) in [6.07, 6.45) is 0.600. The Morgan fingerprint density at radius 3 is 2.67 bits per heavy atom. The molecule has 0 radical (unpaired) electrons. The highest BCUT2D eigenvalue weighted by Gasteiger charge is 2.17. The molecular weight excluding hydrogens is 234 g/mol. The topological polar surface area (TPSA) is 81.8 Å². The van der Waals surface area contributed by atoms with Crippen LogP contribution >= 0.6 is 0 Å². The van der Waals surface area contributed by atoms with Gasteiger partial charge in [0.15, 0.2) is 0 Å². The number of nitrogens with two attached hydrogens (primary N) is 1. The monoisotopic (exact) mass is 253 g/mol. The number of rotatable bonds is 5. The van der Waals surface area contributed by atoms with Gasteiger partial charge in [0.2, 0.25) is 0 Å². The molecule has 0 aliphatic heterocycles. The summed E-state index contributed by atoms with van der Waals surface area (Å²) in [5.41, 5.74) is 5.65. The second-order valence-electron chi connectivity index (χ2n) is 4.62. The predicted molar refractivity (Wildman–Crippen MR) is 68.5 cm³/mol. The summed E-state index contributed by atoms with van der Waals surface area (Å²) >= 11 is 0. The summed E-state index contributed by atoms with van der Waals surface area (Å²) < 4.78 is 10.3. The average Bonchev–Trinajstić information content (AvgIpc) is 2.32. The Labute approximate surface area is 107 Å². The van der Waals surface area contributed by atoms with E-state index in [2.05, 4.69) is 0 Å². The first kappa shape index (κ1) is 14.3. The van der Waals surface area contributed by atoms with E-state index in [1.54, 1.807) is 7.11 Å². The van der Waals surface area contributed by atoms with Crippen LogP contribution in [0, 0.1) is 0 Å². The average molecular weight is 253 g/mol. The van der Waals surface area contributed by atoms with E-state index >= 15 is 0 Å². The summed E-state index contributed by atoms with van der Waals surface area (Å²) in [6, 6.07) is 4.22. The second-order valence-corrected chi connectivity index (χ2v) is 4.62. The molecular formula is C13H19NO4. The van der Waals surface area contributed by atoms with Crippen molar-refractivity contribution < 1.29 is 19.4 Å². The van der Waals surface area contributed by atoms with Crippen LogP contribution in [0.25, 0.3) is 0 Å². The third kappa shape index (κ3) is 3.92. The number of methoxy groups -OCH3 is 1. The lowest BCUT2D eigenvalue weighted by Gasteiger charge is -2.22. The van der Waals surface area contributed by atoms with Crippen molar-refractivity contribution in [1.82, 2.24) is 0 Å². The van der Waals surface area contributed by atoms with Crippen molar-refractivity contribution in [2.24, 2.45) is 0 Å². The standard InChI is InChI=1S/C13H19NO4/c1-13(2,17-3)6-7-18-12(16)9-4-5-11(15)10(14)8-9/h4-5,8,15H,6-7,14H2,1-3H3. The molecule has 1 aromatic rings. The molecule has 0 aliphatic rings. The molecule has 3 N–H and O–H groups in total. The number of ether oxygens (including phenoxy) is 2. The zero-order valence-corrected chi connectivity index (χ0v) is 10.9. The molecule has 0 fully saturated rings. The minimum atomic E-state index is -0.464. The van der Waals surface area contributed by atoms with Crippen LogP contribution < -0.4 is 5.73 Å². The van der Waals surface area contributed by atoms with Gasteiger partial charge in [0.25, 0.3) is 0 Å². The Hall–Kier alpha value is -1.75. The van der Waals surface area contributed by atoms with Gasteiger partial charge >= 0.3 is 5.97 Å². The molecule has 0 saturated carbocycles. The van der Waals surface area contributed by atoms with E-state index in [4.69, 9.17) is 15.2 Å². The molecule has 0 bridgehead atoms. The summed E-state index contributed by atoms with van der Waals surface area (Å²) in [5, 5.41) is 9.25. The number of hydrogen-bond acceptors (Lipinski definition) is 5. The molecule has 5 nitrogen and oxygen atoms in total. The van der Waals surface area contributed by atoms with Gasteiger partial charge in [0.05, 0.1) is 23.5 Å². The molecule has 100 valence electrons. The normalized spacial score (nSPS) is 11.3. The summed E-state index contributed by atoms with van der Waals surface area (Å²) in [7, 11) is 1.61. The van der Waals surface area contributed by atoms with Crippen LogP contribution in [0.2, 0.25) is 0 Å². The van der Waals surface area contributed by atoms with Gasteiger partial charge in [0, 0.05) is 13.5 Å². The van der Waals surface area contributed by atoms with E-state index in [0.29, 0.717) is 12.0 Å². The summed E-state index contributed by atoms with van der Waals surface area (Å²) in [4.78, 5) is 11.7. The molecule has 0 heterocycles. The van der Waals surface area contributed by atoms with Gasteiger partial charge in [0.1, 0.15) is 5.75 Å². The Bertz CT molecular complexity index is 429. The lowest BCUT2D eigenvalue weighted by atomic mass is 10.1. The van der Waals surface area contributed by atoms with Crippen LogP contribution in [0.4, 0.5) is 5.69 Å². The smallest absolute Gasteiger partial charge is 0.338 e. The van der Waals surface area contributed by atoms with Crippen LogP contribution in [0.5, 0.6) is 5.75 Å². The van der Waals surface area contributed by atoms with E-state index in [1.165, 1.54) is 18.2 Å². The molecule has 0 unspecified atom stereocenters. The van der Waals surface area contributed by atoms with Crippen LogP contribution in [0.1, 0.15) is 30.6 Å². The van der Waals surface area contributed by atoms with Crippen molar-refractivity contribution in [1.29, 1.82) is 0 Å². The fourth-order valence-electron chi connectivity index (χ4n) is 1.26. The number of carbonyl (C=O) groups is 1. The maximum absolute atomic E-state index is 11.7. The molecule has 0 spiro atoms. The van der Waals surface area contributed by atoms with Crippen LogP contribution in [-0.2, 0) is 9.47 Å². The zero-order chi connectivity index (χ0) is 13.8. The number of phenols is 1. The van der Waals surface area contributed by atoms with Crippen molar-refractivity contribution in [3.05, 3.63) is 23.8 Å². The highest BCUT2D eigenvalue weighted by atomic mass is 16.5. The number of phenolic OH excluding ortho intramolecular Hbond substituents is 1. The number of benzene rings is 1. The molecule has 1 rings (SSSR count). The van der Waals surface area contributed by atoms with Crippen LogP contribution in [-0.4, -0.2) is 30.4 Å². The number of anilines is 1. The Kier molecular flexibility index (Phi) is 4.55. The predicted octanol–water partition coefficient (Wildman–Crippen LogP) is 1.95. The lowest BCUT2D eigenvalue weighted by Crippen LogP contribution is -2.25. The van der Waals surface area contributed by atoms with Crippen molar-refractivity contribution >= 4 is 11.7 Å². The minimum absolute atomic E-state index is 0.0490. The van der Waals surface area contributed by atoms with Gasteiger partial charge in [-0.25, -0.2) is 4.79 Å². The fraction of sp³-hybridized carbons (Fsp3) is 0.462. The maximum Gasteiger partial charge on any atom is 0.338 e. The minimum Gasteiger partial charge on any atom is -0.506 e. The van der Waals surface area contributed by atoms with Gasteiger partial charge < -0.3 is 20.3 Å². The van der Waals surface area contributed by atoms with Gasteiger partial charge in [-0.05, 0) is 32.0 Å². The highest BCUT2D eigenvalue weighted by Crippen LogP contribution is 2.21. The van der Waals surface area contributed by atoms with Gasteiger partial charge in [-0.1, -0.05) is 0 Å². The first-order valence-electron chi connectivity index (χ1n) is 5.66. The van der Waals surface area contributed by atoms with E-state index in [-0.39, 0.29) is 23.6 Å². The van der Waals surface area contributed by atoms with Gasteiger partial charge in [-0.3, -0.25) is 0 Å². The first-order chi connectivity index (χ1) is 8.35. The van der Waals surface area contributed by atoms with Crippen LogP contribution in [0.15, 0.2) is 18.2 Å². The number of aromatic hydroxyl groups is 1. The molecule has 1 aromatic carbocycles. The number of carbonyl (C=O) groups excluding carboxylic acids is 1. The summed E-state index contributed by atoms with van der Waals surface area (Å²) in [5.74, 6) is -0.513. The lowest BCUT2D eigenvalue weighted by molar-refractivity contribution is -0.00563. The fourth-order valence-corrected chi connectivity index (χ4v) is 1.26. The number of hydrogen-bond donors (Lipinski definition) is 2. The molecule has 18 heavy (non-hydrogen) atoms. The molecule has 0 aromatic heterocycles. The zero-order valence-electron chi connectivity index (χ0n) is 10.9. The molecule has 0 amide bonds. The van der Waals surface area contributed by atoms with Crippen LogP contribution in [0.3, 0.4) is 0 Å².